The minimum atomic E-state index is -0.238. The van der Waals surface area contributed by atoms with Crippen molar-refractivity contribution in [2.24, 2.45) is 0 Å². The van der Waals surface area contributed by atoms with Crippen LogP contribution in [0, 0.1) is 6.92 Å². The van der Waals surface area contributed by atoms with Crippen LogP contribution >= 0.6 is 11.5 Å². The number of carbonyl (C=O) groups is 1. The third-order valence-electron chi connectivity index (χ3n) is 3.71. The van der Waals surface area contributed by atoms with Crippen molar-refractivity contribution in [3.8, 4) is 11.5 Å². The molecule has 1 aliphatic rings. The van der Waals surface area contributed by atoms with Crippen molar-refractivity contribution < 1.29 is 14.3 Å². The molecule has 0 radical (unpaired) electrons. The number of nitrogens with one attached hydrogen (secondary N) is 1. The van der Waals surface area contributed by atoms with Gasteiger partial charge in [-0.1, -0.05) is 16.6 Å². The van der Waals surface area contributed by atoms with Crippen molar-refractivity contribution in [1.29, 1.82) is 0 Å². The summed E-state index contributed by atoms with van der Waals surface area (Å²) in [7, 11) is 0. The van der Waals surface area contributed by atoms with Crippen LogP contribution in [0.25, 0.3) is 0 Å². The van der Waals surface area contributed by atoms with Gasteiger partial charge in [0.25, 0.3) is 5.91 Å². The minimum absolute atomic E-state index is 0.147. The second kappa shape index (κ2) is 6.52. The molecule has 4 rings (SSSR count). The number of carbonyl (C=O) groups excluding carboxylic acids is 1. The molecular formula is C16H15N5O3S. The van der Waals surface area contributed by atoms with E-state index in [0.717, 1.165) is 23.0 Å². The first-order valence-corrected chi connectivity index (χ1v) is 8.47. The van der Waals surface area contributed by atoms with Crippen molar-refractivity contribution in [2.45, 2.75) is 19.6 Å². The van der Waals surface area contributed by atoms with Gasteiger partial charge in [-0.3, -0.25) is 9.48 Å². The molecule has 1 atom stereocenters. The number of ether oxygens (including phenoxy) is 2. The first-order valence-electron chi connectivity index (χ1n) is 7.70. The van der Waals surface area contributed by atoms with Crippen molar-refractivity contribution in [2.75, 3.05) is 11.9 Å². The summed E-state index contributed by atoms with van der Waals surface area (Å²) in [5.41, 5.74) is 1.22. The molecule has 0 bridgehead atoms. The molecule has 1 aromatic carbocycles. The number of amides is 1. The van der Waals surface area contributed by atoms with Crippen molar-refractivity contribution in [3.63, 3.8) is 0 Å². The van der Waals surface area contributed by atoms with E-state index in [1.54, 1.807) is 24.0 Å². The summed E-state index contributed by atoms with van der Waals surface area (Å²) in [5.74, 6) is 1.24. The highest BCUT2D eigenvalue weighted by Crippen LogP contribution is 2.31. The molecule has 0 spiro atoms. The van der Waals surface area contributed by atoms with E-state index < -0.39 is 0 Å². The van der Waals surface area contributed by atoms with Crippen LogP contribution in [0.3, 0.4) is 0 Å². The van der Waals surface area contributed by atoms with Gasteiger partial charge in [-0.15, -0.1) is 5.10 Å². The second-order valence-corrected chi connectivity index (χ2v) is 6.34. The van der Waals surface area contributed by atoms with Crippen LogP contribution in [0.15, 0.2) is 36.7 Å². The van der Waals surface area contributed by atoms with Gasteiger partial charge in [0.05, 0.1) is 24.1 Å². The molecule has 8 nitrogen and oxygen atoms in total. The molecule has 0 saturated heterocycles. The Bertz CT molecular complexity index is 907. The normalized spacial score (nSPS) is 15.8. The Morgan fingerprint density at radius 3 is 3.04 bits per heavy atom. The second-order valence-electron chi connectivity index (χ2n) is 5.59. The number of benzene rings is 1. The number of anilines is 1. The third kappa shape index (κ3) is 3.31. The number of para-hydroxylation sites is 2. The van der Waals surface area contributed by atoms with Gasteiger partial charge in [0.2, 0.25) is 0 Å². The number of hydrogen-bond donors (Lipinski definition) is 1. The van der Waals surface area contributed by atoms with Crippen LogP contribution in [0.1, 0.15) is 15.4 Å². The highest BCUT2D eigenvalue weighted by atomic mass is 32.1. The smallest absolute Gasteiger partial charge is 0.269 e. The van der Waals surface area contributed by atoms with Gasteiger partial charge < -0.3 is 14.8 Å². The molecule has 2 aromatic heterocycles. The lowest BCUT2D eigenvalue weighted by Gasteiger charge is -2.26. The van der Waals surface area contributed by atoms with Gasteiger partial charge >= 0.3 is 0 Å². The fourth-order valence-electron chi connectivity index (χ4n) is 2.52. The quantitative estimate of drug-likeness (QED) is 0.769. The number of nitrogens with zero attached hydrogens (tertiary/aromatic N) is 4. The number of rotatable bonds is 4. The van der Waals surface area contributed by atoms with E-state index in [0.29, 0.717) is 29.4 Å². The summed E-state index contributed by atoms with van der Waals surface area (Å²) in [6, 6.07) is 7.57. The Kier molecular flexibility index (Phi) is 4.06. The van der Waals surface area contributed by atoms with E-state index in [1.165, 1.54) is 0 Å². The lowest BCUT2D eigenvalue weighted by Crippen LogP contribution is -2.33. The van der Waals surface area contributed by atoms with Crippen molar-refractivity contribution >= 4 is 23.1 Å². The monoisotopic (exact) mass is 357 g/mol. The van der Waals surface area contributed by atoms with Crippen molar-refractivity contribution in [3.05, 3.63) is 47.2 Å². The predicted molar refractivity (Wildman–Crippen MR) is 91.2 cm³/mol. The van der Waals surface area contributed by atoms with Gasteiger partial charge in [0.1, 0.15) is 11.5 Å². The Morgan fingerprint density at radius 2 is 2.24 bits per heavy atom. The topological polar surface area (TPSA) is 91.2 Å². The lowest BCUT2D eigenvalue weighted by atomic mass is 10.2. The maximum atomic E-state index is 12.2. The summed E-state index contributed by atoms with van der Waals surface area (Å²) in [6.45, 7) is 2.72. The SMILES string of the molecule is Cc1nnsc1C(=O)Nc1cnn(C[C@H]2COc3ccccc3O2)c1. The Morgan fingerprint density at radius 1 is 1.40 bits per heavy atom. The molecule has 0 unspecified atom stereocenters. The summed E-state index contributed by atoms with van der Waals surface area (Å²) >= 11 is 1.07. The van der Waals surface area contributed by atoms with Gasteiger partial charge in [0, 0.05) is 6.20 Å². The maximum Gasteiger partial charge on any atom is 0.269 e. The van der Waals surface area contributed by atoms with E-state index in [2.05, 4.69) is 20.0 Å². The number of fused-ring (bicyclic) bond motifs is 1. The summed E-state index contributed by atoms with van der Waals surface area (Å²) in [5, 5.41) is 10.9. The first-order chi connectivity index (χ1) is 12.2. The molecule has 3 aromatic rings. The fourth-order valence-corrected chi connectivity index (χ4v) is 3.07. The van der Waals surface area contributed by atoms with E-state index in [1.807, 2.05) is 24.3 Å². The molecule has 9 heteroatoms. The van der Waals surface area contributed by atoms with Gasteiger partial charge in [-0.05, 0) is 30.6 Å². The standard InChI is InChI=1S/C16H15N5O3S/c1-10-15(25-20-19-10)16(22)18-11-6-17-21(7-11)8-12-9-23-13-4-2-3-5-14(13)24-12/h2-7,12H,8-9H2,1H3,(H,18,22)/t12-/m0/s1. The van der Waals surface area contributed by atoms with E-state index in [-0.39, 0.29) is 12.0 Å². The molecular weight excluding hydrogens is 342 g/mol. The number of aromatic nitrogens is 4. The molecule has 25 heavy (non-hydrogen) atoms. The van der Waals surface area contributed by atoms with Crippen LogP contribution in [0.2, 0.25) is 0 Å². The molecule has 0 saturated carbocycles. The average Bonchev–Trinajstić information content (AvgIpc) is 3.23. The fraction of sp³-hybridized carbons (Fsp3) is 0.250. The summed E-state index contributed by atoms with van der Waals surface area (Å²) < 4.78 is 17.1. The molecule has 1 amide bonds. The van der Waals surface area contributed by atoms with Crippen LogP contribution in [0.5, 0.6) is 11.5 Å². The van der Waals surface area contributed by atoms with E-state index >= 15 is 0 Å². The van der Waals surface area contributed by atoms with Crippen LogP contribution < -0.4 is 14.8 Å². The highest BCUT2D eigenvalue weighted by Gasteiger charge is 2.21. The molecule has 0 aliphatic carbocycles. The largest absolute Gasteiger partial charge is 0.486 e. The third-order valence-corrected chi connectivity index (χ3v) is 4.53. The zero-order valence-corrected chi connectivity index (χ0v) is 14.2. The Hall–Kier alpha value is -2.94. The molecule has 1 aliphatic heterocycles. The maximum absolute atomic E-state index is 12.2. The average molecular weight is 357 g/mol. The molecule has 1 N–H and O–H groups in total. The lowest BCUT2D eigenvalue weighted by molar-refractivity contribution is 0.0759. The summed E-state index contributed by atoms with van der Waals surface area (Å²) in [6.07, 6.45) is 3.21. The van der Waals surface area contributed by atoms with Crippen LogP contribution in [-0.4, -0.2) is 38.0 Å². The zero-order valence-electron chi connectivity index (χ0n) is 13.4. The molecule has 3 heterocycles. The van der Waals surface area contributed by atoms with E-state index in [4.69, 9.17) is 9.47 Å². The molecule has 0 fully saturated rings. The highest BCUT2D eigenvalue weighted by molar-refractivity contribution is 7.08. The van der Waals surface area contributed by atoms with Gasteiger partial charge in [-0.25, -0.2) is 0 Å². The zero-order chi connectivity index (χ0) is 17.2. The molecule has 128 valence electrons. The van der Waals surface area contributed by atoms with Crippen molar-refractivity contribution in [1.82, 2.24) is 19.4 Å². The van der Waals surface area contributed by atoms with E-state index in [9.17, 15) is 4.79 Å². The number of hydrogen-bond acceptors (Lipinski definition) is 7. The van der Waals surface area contributed by atoms with Gasteiger partial charge in [-0.2, -0.15) is 5.10 Å². The van der Waals surface area contributed by atoms with Crippen LogP contribution in [-0.2, 0) is 6.54 Å². The first kappa shape index (κ1) is 15.6. The summed E-state index contributed by atoms with van der Waals surface area (Å²) in [4.78, 5) is 12.7. The number of aryl methyl sites for hydroxylation is 1. The predicted octanol–water partition coefficient (Wildman–Crippen LogP) is 2.14. The van der Waals surface area contributed by atoms with Gasteiger partial charge in [0.15, 0.2) is 17.6 Å². The van der Waals surface area contributed by atoms with Crippen LogP contribution in [0.4, 0.5) is 5.69 Å². The Labute approximate surface area is 147 Å². The minimum Gasteiger partial charge on any atom is -0.486 e. The Balaban J connectivity index is 1.39.